The smallest absolute Gasteiger partial charge is 0.233 e. The van der Waals surface area contributed by atoms with Crippen LogP contribution in [0, 0.1) is 0 Å². The molecule has 0 bridgehead atoms. The van der Waals surface area contributed by atoms with E-state index in [4.69, 9.17) is 9.84 Å². The number of amides is 1. The number of carbonyl (C=O) groups is 1. The van der Waals surface area contributed by atoms with E-state index in [1.807, 2.05) is 4.90 Å². The van der Waals surface area contributed by atoms with Crippen LogP contribution in [0.4, 0.5) is 0 Å². The number of rotatable bonds is 3. The molecule has 1 aliphatic heterocycles. The standard InChI is InChI=1S/C8H16N2O3/c1-9-8(12)5-10-2-3-13-7(4-10)6-11/h7,11H,2-6H2,1H3,(H,9,12). The predicted octanol–water partition coefficient (Wildman–Crippen LogP) is -1.57. The van der Waals surface area contributed by atoms with Crippen LogP contribution < -0.4 is 5.32 Å². The Morgan fingerprint density at radius 1 is 1.77 bits per heavy atom. The first-order valence-electron chi connectivity index (χ1n) is 4.41. The fraction of sp³-hybridized carbons (Fsp3) is 0.875. The molecule has 1 atom stereocenters. The van der Waals surface area contributed by atoms with Crippen molar-refractivity contribution in [2.75, 3.05) is 39.9 Å². The monoisotopic (exact) mass is 188 g/mol. The van der Waals surface area contributed by atoms with Crippen LogP contribution in [0.1, 0.15) is 0 Å². The summed E-state index contributed by atoms with van der Waals surface area (Å²) in [5.41, 5.74) is 0. The van der Waals surface area contributed by atoms with Crippen molar-refractivity contribution in [3.63, 3.8) is 0 Å². The molecular formula is C8H16N2O3. The van der Waals surface area contributed by atoms with Gasteiger partial charge in [0.25, 0.3) is 0 Å². The lowest BCUT2D eigenvalue weighted by atomic mass is 10.3. The van der Waals surface area contributed by atoms with Crippen LogP contribution in [0.3, 0.4) is 0 Å². The molecule has 1 amide bonds. The van der Waals surface area contributed by atoms with Crippen LogP contribution in [0.5, 0.6) is 0 Å². The largest absolute Gasteiger partial charge is 0.394 e. The van der Waals surface area contributed by atoms with Gasteiger partial charge in [0.2, 0.25) is 5.91 Å². The number of nitrogens with zero attached hydrogens (tertiary/aromatic N) is 1. The second-order valence-corrected chi connectivity index (χ2v) is 3.08. The van der Waals surface area contributed by atoms with E-state index in [0.717, 1.165) is 6.54 Å². The van der Waals surface area contributed by atoms with Crippen LogP contribution in [-0.4, -0.2) is 61.9 Å². The molecule has 0 aromatic rings. The van der Waals surface area contributed by atoms with Gasteiger partial charge < -0.3 is 15.2 Å². The van der Waals surface area contributed by atoms with Gasteiger partial charge in [0.1, 0.15) is 0 Å². The summed E-state index contributed by atoms with van der Waals surface area (Å²) in [5, 5.41) is 11.4. The highest BCUT2D eigenvalue weighted by Crippen LogP contribution is 2.03. The molecule has 1 saturated heterocycles. The first kappa shape index (κ1) is 10.4. The molecule has 0 spiro atoms. The summed E-state index contributed by atoms with van der Waals surface area (Å²) in [5.74, 6) is -0.00131. The summed E-state index contributed by atoms with van der Waals surface area (Å²) in [6.07, 6.45) is -0.140. The Kier molecular flexibility index (Phi) is 4.14. The number of hydrogen-bond donors (Lipinski definition) is 2. The molecule has 1 rings (SSSR count). The Morgan fingerprint density at radius 3 is 3.15 bits per heavy atom. The first-order valence-corrected chi connectivity index (χ1v) is 4.41. The third kappa shape index (κ3) is 3.30. The van der Waals surface area contributed by atoms with Gasteiger partial charge in [-0.25, -0.2) is 0 Å². The SMILES string of the molecule is CNC(=O)CN1CCOC(CO)C1. The molecule has 5 nitrogen and oxygen atoms in total. The Bertz CT molecular complexity index is 175. The quantitative estimate of drug-likeness (QED) is 0.561. The van der Waals surface area contributed by atoms with E-state index in [-0.39, 0.29) is 18.6 Å². The van der Waals surface area contributed by atoms with Crippen LogP contribution in [0.15, 0.2) is 0 Å². The highest BCUT2D eigenvalue weighted by atomic mass is 16.5. The summed E-state index contributed by atoms with van der Waals surface area (Å²) in [7, 11) is 1.62. The molecular weight excluding hydrogens is 172 g/mol. The summed E-state index contributed by atoms with van der Waals surface area (Å²) < 4.78 is 5.25. The molecule has 13 heavy (non-hydrogen) atoms. The Hall–Kier alpha value is -0.650. The van der Waals surface area contributed by atoms with Crippen LogP contribution >= 0.6 is 0 Å². The highest BCUT2D eigenvalue weighted by molar-refractivity contribution is 5.77. The zero-order chi connectivity index (χ0) is 9.68. The topological polar surface area (TPSA) is 61.8 Å². The number of carbonyl (C=O) groups excluding carboxylic acids is 1. The summed E-state index contributed by atoms with van der Waals surface area (Å²) in [6, 6.07) is 0. The molecule has 1 fully saturated rings. The number of aliphatic hydroxyl groups is 1. The minimum absolute atomic E-state index is 0.00131. The maximum absolute atomic E-state index is 11.0. The van der Waals surface area contributed by atoms with Crippen molar-refractivity contribution in [1.29, 1.82) is 0 Å². The van der Waals surface area contributed by atoms with E-state index in [9.17, 15) is 4.79 Å². The molecule has 1 aliphatic rings. The maximum Gasteiger partial charge on any atom is 0.233 e. The average molecular weight is 188 g/mol. The molecule has 0 aromatic heterocycles. The molecule has 1 unspecified atom stereocenters. The van der Waals surface area contributed by atoms with E-state index in [1.54, 1.807) is 7.05 Å². The first-order chi connectivity index (χ1) is 6.26. The van der Waals surface area contributed by atoms with E-state index < -0.39 is 0 Å². The van der Waals surface area contributed by atoms with Gasteiger partial charge in [-0.3, -0.25) is 9.69 Å². The van der Waals surface area contributed by atoms with Gasteiger partial charge in [0.15, 0.2) is 0 Å². The number of hydrogen-bond acceptors (Lipinski definition) is 4. The summed E-state index contributed by atoms with van der Waals surface area (Å²) >= 11 is 0. The normalized spacial score (nSPS) is 24.3. The third-order valence-corrected chi connectivity index (χ3v) is 2.07. The van der Waals surface area contributed by atoms with Crippen molar-refractivity contribution >= 4 is 5.91 Å². The number of ether oxygens (including phenoxy) is 1. The van der Waals surface area contributed by atoms with Crippen molar-refractivity contribution in [1.82, 2.24) is 10.2 Å². The lowest BCUT2D eigenvalue weighted by molar-refractivity contribution is -0.124. The molecule has 0 saturated carbocycles. The minimum atomic E-state index is -0.140. The van der Waals surface area contributed by atoms with Crippen molar-refractivity contribution in [3.05, 3.63) is 0 Å². The molecule has 1 heterocycles. The number of nitrogens with one attached hydrogen (secondary N) is 1. The van der Waals surface area contributed by atoms with Crippen LogP contribution in [0.25, 0.3) is 0 Å². The van der Waals surface area contributed by atoms with Crippen molar-refractivity contribution in [2.24, 2.45) is 0 Å². The predicted molar refractivity (Wildman–Crippen MR) is 47.3 cm³/mol. The molecule has 2 N–H and O–H groups in total. The van der Waals surface area contributed by atoms with Crippen molar-refractivity contribution in [2.45, 2.75) is 6.10 Å². The molecule has 5 heteroatoms. The Labute approximate surface area is 77.7 Å². The third-order valence-electron chi connectivity index (χ3n) is 2.07. The molecule has 0 aromatic carbocycles. The molecule has 0 radical (unpaired) electrons. The van der Waals surface area contributed by atoms with Crippen molar-refractivity contribution < 1.29 is 14.6 Å². The van der Waals surface area contributed by atoms with Gasteiger partial charge >= 0.3 is 0 Å². The second-order valence-electron chi connectivity index (χ2n) is 3.08. The van der Waals surface area contributed by atoms with Gasteiger partial charge in [-0.2, -0.15) is 0 Å². The van der Waals surface area contributed by atoms with E-state index >= 15 is 0 Å². The maximum atomic E-state index is 11.0. The van der Waals surface area contributed by atoms with Gasteiger partial charge in [-0.1, -0.05) is 0 Å². The Morgan fingerprint density at radius 2 is 2.54 bits per heavy atom. The fourth-order valence-corrected chi connectivity index (χ4v) is 1.32. The molecule has 0 aliphatic carbocycles. The van der Waals surface area contributed by atoms with E-state index in [1.165, 1.54) is 0 Å². The van der Waals surface area contributed by atoms with Gasteiger partial charge in [-0.05, 0) is 0 Å². The fourth-order valence-electron chi connectivity index (χ4n) is 1.32. The minimum Gasteiger partial charge on any atom is -0.394 e. The number of morpholine rings is 1. The highest BCUT2D eigenvalue weighted by Gasteiger charge is 2.20. The lowest BCUT2D eigenvalue weighted by Gasteiger charge is -2.31. The zero-order valence-corrected chi connectivity index (χ0v) is 7.82. The average Bonchev–Trinajstić information content (AvgIpc) is 2.18. The number of likely N-dealkylation sites (N-methyl/N-ethyl adjacent to an activating group) is 1. The number of aliphatic hydroxyl groups excluding tert-OH is 1. The summed E-state index contributed by atoms with van der Waals surface area (Å²) in [6.45, 7) is 2.37. The summed E-state index contributed by atoms with van der Waals surface area (Å²) in [4.78, 5) is 13.0. The Balaban J connectivity index is 2.29. The van der Waals surface area contributed by atoms with Gasteiger partial charge in [0.05, 0.1) is 25.9 Å². The van der Waals surface area contributed by atoms with E-state index in [0.29, 0.717) is 19.7 Å². The molecule has 76 valence electrons. The van der Waals surface area contributed by atoms with Crippen LogP contribution in [-0.2, 0) is 9.53 Å². The van der Waals surface area contributed by atoms with Gasteiger partial charge in [0, 0.05) is 20.1 Å². The zero-order valence-electron chi connectivity index (χ0n) is 7.82. The van der Waals surface area contributed by atoms with Gasteiger partial charge in [-0.15, -0.1) is 0 Å². The van der Waals surface area contributed by atoms with E-state index in [2.05, 4.69) is 5.32 Å². The van der Waals surface area contributed by atoms with Crippen LogP contribution in [0.2, 0.25) is 0 Å². The van der Waals surface area contributed by atoms with Crippen molar-refractivity contribution in [3.8, 4) is 0 Å². The second kappa shape index (κ2) is 5.16. The lowest BCUT2D eigenvalue weighted by Crippen LogP contribution is -2.47.